The number of hydrogen-bond acceptors (Lipinski definition) is 2. The molecule has 0 radical (unpaired) electrons. The van der Waals surface area contributed by atoms with Gasteiger partial charge in [-0.25, -0.2) is 0 Å². The lowest BCUT2D eigenvalue weighted by atomic mass is 9.80. The fourth-order valence-corrected chi connectivity index (χ4v) is 2.90. The molecule has 1 aliphatic heterocycles. The molecule has 1 unspecified atom stereocenters. The average Bonchev–Trinajstić information content (AvgIpc) is 2.39. The highest BCUT2D eigenvalue weighted by molar-refractivity contribution is 5.34. The zero-order valence-electron chi connectivity index (χ0n) is 12.4. The van der Waals surface area contributed by atoms with Crippen LogP contribution in [0.1, 0.15) is 57.3 Å². The highest BCUT2D eigenvalue weighted by Crippen LogP contribution is 2.34. The van der Waals surface area contributed by atoms with Gasteiger partial charge in [0.05, 0.1) is 6.10 Å². The summed E-state index contributed by atoms with van der Waals surface area (Å²) in [4.78, 5) is 0. The van der Waals surface area contributed by atoms with Crippen molar-refractivity contribution in [2.45, 2.75) is 51.6 Å². The minimum absolute atomic E-state index is 0.0766. The van der Waals surface area contributed by atoms with Gasteiger partial charge in [0.25, 0.3) is 0 Å². The second-order valence-electron chi connectivity index (χ2n) is 6.64. The van der Waals surface area contributed by atoms with Crippen molar-refractivity contribution in [3.05, 3.63) is 35.4 Å². The van der Waals surface area contributed by atoms with Crippen LogP contribution in [0.25, 0.3) is 0 Å². The van der Waals surface area contributed by atoms with E-state index < -0.39 is 0 Å². The molecule has 2 heteroatoms. The summed E-state index contributed by atoms with van der Waals surface area (Å²) in [6, 6.07) is 8.30. The van der Waals surface area contributed by atoms with Crippen molar-refractivity contribution in [2.24, 2.45) is 5.92 Å². The molecule has 1 aromatic carbocycles. The number of aliphatic hydroxyl groups is 1. The number of hydrogen-bond donors (Lipinski definition) is 1. The van der Waals surface area contributed by atoms with Crippen LogP contribution in [0.4, 0.5) is 0 Å². The van der Waals surface area contributed by atoms with Crippen LogP contribution in [0, 0.1) is 5.92 Å². The van der Waals surface area contributed by atoms with Gasteiger partial charge in [-0.15, -0.1) is 0 Å². The third-order valence-corrected chi connectivity index (χ3v) is 4.03. The zero-order valence-corrected chi connectivity index (χ0v) is 12.4. The molecule has 19 heavy (non-hydrogen) atoms. The molecule has 1 aliphatic rings. The van der Waals surface area contributed by atoms with Crippen molar-refractivity contribution in [3.8, 4) is 0 Å². The first-order chi connectivity index (χ1) is 8.98. The van der Waals surface area contributed by atoms with Crippen LogP contribution >= 0.6 is 0 Å². The van der Waals surface area contributed by atoms with Crippen LogP contribution in [-0.2, 0) is 10.2 Å². The van der Waals surface area contributed by atoms with Crippen LogP contribution < -0.4 is 0 Å². The summed E-state index contributed by atoms with van der Waals surface area (Å²) in [6.45, 7) is 8.30. The second kappa shape index (κ2) is 6.06. The monoisotopic (exact) mass is 262 g/mol. The summed E-state index contributed by atoms with van der Waals surface area (Å²) < 4.78 is 5.38. The number of rotatable bonds is 3. The van der Waals surface area contributed by atoms with Crippen molar-refractivity contribution in [1.29, 1.82) is 0 Å². The minimum Gasteiger partial charge on any atom is -0.388 e. The average molecular weight is 262 g/mol. The smallest absolute Gasteiger partial charge is 0.0795 e. The first kappa shape index (κ1) is 14.5. The Balaban J connectivity index is 2.12. The van der Waals surface area contributed by atoms with Gasteiger partial charge in [0.15, 0.2) is 0 Å². The molecular weight excluding hydrogens is 236 g/mol. The van der Waals surface area contributed by atoms with Crippen LogP contribution in [0.3, 0.4) is 0 Å². The summed E-state index contributed by atoms with van der Waals surface area (Å²) in [6.07, 6.45) is 2.67. The highest BCUT2D eigenvalue weighted by atomic mass is 16.5. The molecular formula is C17H26O2. The number of aliphatic hydroxyl groups excluding tert-OH is 1. The van der Waals surface area contributed by atoms with E-state index in [-0.39, 0.29) is 11.5 Å². The SMILES string of the molecule is CC(C)(C)c1ccccc1C(O)CC1CCOCC1. The van der Waals surface area contributed by atoms with E-state index in [4.69, 9.17) is 4.74 Å². The van der Waals surface area contributed by atoms with Crippen molar-refractivity contribution in [3.63, 3.8) is 0 Å². The molecule has 2 rings (SSSR count). The fourth-order valence-electron chi connectivity index (χ4n) is 2.90. The summed E-state index contributed by atoms with van der Waals surface area (Å²) in [5, 5.41) is 10.6. The molecule has 106 valence electrons. The van der Waals surface area contributed by atoms with Gasteiger partial charge < -0.3 is 9.84 Å². The maximum absolute atomic E-state index is 10.6. The van der Waals surface area contributed by atoms with Crippen molar-refractivity contribution in [1.82, 2.24) is 0 Å². The Morgan fingerprint density at radius 1 is 1.21 bits per heavy atom. The van der Waals surface area contributed by atoms with Gasteiger partial charge in [0, 0.05) is 13.2 Å². The third-order valence-electron chi connectivity index (χ3n) is 4.03. The van der Waals surface area contributed by atoms with Gasteiger partial charge in [-0.3, -0.25) is 0 Å². The number of benzene rings is 1. The lowest BCUT2D eigenvalue weighted by Gasteiger charge is -2.28. The van der Waals surface area contributed by atoms with Gasteiger partial charge in [-0.1, -0.05) is 45.0 Å². The predicted octanol–water partition coefficient (Wildman–Crippen LogP) is 3.83. The third kappa shape index (κ3) is 3.80. The Morgan fingerprint density at radius 3 is 2.47 bits per heavy atom. The van der Waals surface area contributed by atoms with Gasteiger partial charge in [0.2, 0.25) is 0 Å². The van der Waals surface area contributed by atoms with Crippen molar-refractivity contribution >= 4 is 0 Å². The van der Waals surface area contributed by atoms with Crippen LogP contribution in [-0.4, -0.2) is 18.3 Å². The molecule has 1 heterocycles. The van der Waals surface area contributed by atoms with Crippen molar-refractivity contribution < 1.29 is 9.84 Å². The molecule has 1 saturated heterocycles. The minimum atomic E-state index is -0.349. The standard InChI is InChI=1S/C17H26O2/c1-17(2,3)15-7-5-4-6-14(15)16(18)12-13-8-10-19-11-9-13/h4-7,13,16,18H,8-12H2,1-3H3. The molecule has 0 aliphatic carbocycles. The highest BCUT2D eigenvalue weighted by Gasteiger charge is 2.24. The predicted molar refractivity (Wildman–Crippen MR) is 78.3 cm³/mol. The number of ether oxygens (including phenoxy) is 1. The first-order valence-corrected chi connectivity index (χ1v) is 7.33. The Morgan fingerprint density at radius 2 is 1.84 bits per heavy atom. The lowest BCUT2D eigenvalue weighted by Crippen LogP contribution is -2.20. The van der Waals surface area contributed by atoms with Crippen LogP contribution in [0.2, 0.25) is 0 Å². The molecule has 1 atom stereocenters. The molecule has 1 aromatic rings. The molecule has 0 bridgehead atoms. The molecule has 0 spiro atoms. The van der Waals surface area contributed by atoms with Gasteiger partial charge in [-0.05, 0) is 41.7 Å². The van der Waals surface area contributed by atoms with E-state index in [0.717, 1.165) is 38.0 Å². The van der Waals surface area contributed by atoms with E-state index in [9.17, 15) is 5.11 Å². The summed E-state index contributed by atoms with van der Waals surface area (Å²) in [7, 11) is 0. The largest absolute Gasteiger partial charge is 0.388 e. The summed E-state index contributed by atoms with van der Waals surface area (Å²) in [5.41, 5.74) is 2.43. The maximum Gasteiger partial charge on any atom is 0.0795 e. The van der Waals surface area contributed by atoms with E-state index in [2.05, 4.69) is 39.0 Å². The van der Waals surface area contributed by atoms with E-state index in [1.165, 1.54) is 5.56 Å². The van der Waals surface area contributed by atoms with Gasteiger partial charge >= 0.3 is 0 Å². The Hall–Kier alpha value is -0.860. The fraction of sp³-hybridized carbons (Fsp3) is 0.647. The molecule has 1 N–H and O–H groups in total. The topological polar surface area (TPSA) is 29.5 Å². The Bertz CT molecular complexity index is 400. The maximum atomic E-state index is 10.6. The molecule has 2 nitrogen and oxygen atoms in total. The molecule has 0 saturated carbocycles. The van der Waals surface area contributed by atoms with Crippen LogP contribution in [0.15, 0.2) is 24.3 Å². The Labute approximate surface area is 116 Å². The van der Waals surface area contributed by atoms with E-state index >= 15 is 0 Å². The molecule has 0 amide bonds. The molecule has 1 fully saturated rings. The van der Waals surface area contributed by atoms with Gasteiger partial charge in [-0.2, -0.15) is 0 Å². The van der Waals surface area contributed by atoms with Crippen LogP contribution in [0.5, 0.6) is 0 Å². The quantitative estimate of drug-likeness (QED) is 0.897. The lowest BCUT2D eigenvalue weighted by molar-refractivity contribution is 0.0432. The first-order valence-electron chi connectivity index (χ1n) is 7.33. The zero-order chi connectivity index (χ0) is 13.9. The van der Waals surface area contributed by atoms with Crippen molar-refractivity contribution in [2.75, 3.05) is 13.2 Å². The van der Waals surface area contributed by atoms with E-state index in [1.54, 1.807) is 0 Å². The Kier molecular flexibility index (Phi) is 4.64. The summed E-state index contributed by atoms with van der Waals surface area (Å²) >= 11 is 0. The normalized spacial score (nSPS) is 19.4. The summed E-state index contributed by atoms with van der Waals surface area (Å²) in [5.74, 6) is 0.594. The van der Waals surface area contributed by atoms with E-state index in [1.807, 2.05) is 6.07 Å². The second-order valence-corrected chi connectivity index (χ2v) is 6.64. The van der Waals surface area contributed by atoms with Gasteiger partial charge in [0.1, 0.15) is 0 Å². The molecule has 0 aromatic heterocycles. The van der Waals surface area contributed by atoms with E-state index in [0.29, 0.717) is 5.92 Å².